The van der Waals surface area contributed by atoms with Gasteiger partial charge in [0, 0.05) is 17.8 Å². The minimum atomic E-state index is -0.426. The number of rotatable bonds is 3. The third kappa shape index (κ3) is 3.03. The highest BCUT2D eigenvalue weighted by atomic mass is 16.3. The van der Waals surface area contributed by atoms with E-state index in [2.05, 4.69) is 15.1 Å². The number of carbonyl (C=O) groups excluding carboxylic acids is 2. The molecule has 5 rings (SSSR count). The van der Waals surface area contributed by atoms with Crippen molar-refractivity contribution in [3.8, 4) is 17.0 Å². The number of phenolic OH excluding ortho intramolecular Hbond substituents is 1. The smallest absolute Gasteiger partial charge is 0.280 e. The van der Waals surface area contributed by atoms with Crippen molar-refractivity contribution in [3.63, 3.8) is 0 Å². The van der Waals surface area contributed by atoms with Crippen molar-refractivity contribution in [2.75, 3.05) is 0 Å². The number of hydrogen-bond acceptors (Lipinski definition) is 6. The van der Waals surface area contributed by atoms with Gasteiger partial charge in [0.1, 0.15) is 11.4 Å². The van der Waals surface area contributed by atoms with Gasteiger partial charge >= 0.3 is 0 Å². The topological polar surface area (TPSA) is 98.0 Å². The molecule has 0 saturated carbocycles. The first-order valence-electron chi connectivity index (χ1n) is 9.60. The van der Waals surface area contributed by atoms with Crippen molar-refractivity contribution in [2.24, 2.45) is 0 Å². The first-order valence-corrected chi connectivity index (χ1v) is 9.60. The molecule has 0 unspecified atom stereocenters. The molecule has 7 heteroatoms. The number of aromatic nitrogens is 4. The molecule has 2 aromatic carbocycles. The number of pyridine rings is 2. The number of fused-ring (bicyclic) bond motifs is 2. The van der Waals surface area contributed by atoms with Gasteiger partial charge in [-0.25, -0.2) is 14.6 Å². The van der Waals surface area contributed by atoms with E-state index in [4.69, 9.17) is 0 Å². The summed E-state index contributed by atoms with van der Waals surface area (Å²) in [5.74, 6) is -0.445. The Kier molecular flexibility index (Phi) is 4.29. The van der Waals surface area contributed by atoms with Crippen LogP contribution in [0.15, 0.2) is 67.0 Å². The second-order valence-electron chi connectivity index (χ2n) is 7.15. The predicted octanol–water partition coefficient (Wildman–Crippen LogP) is 4.16. The number of nitrogens with zero attached hydrogens (tertiary/aromatic N) is 4. The Hall–Kier alpha value is -4.39. The fraction of sp³-hybridized carbons (Fsp3) is 0.0417. The van der Waals surface area contributed by atoms with Crippen molar-refractivity contribution in [1.29, 1.82) is 0 Å². The van der Waals surface area contributed by atoms with E-state index in [1.807, 2.05) is 30.3 Å². The van der Waals surface area contributed by atoms with E-state index < -0.39 is 5.91 Å². The molecule has 0 amide bonds. The molecule has 0 aliphatic heterocycles. The zero-order valence-electron chi connectivity index (χ0n) is 16.5. The second-order valence-corrected chi connectivity index (χ2v) is 7.15. The third-order valence-electron chi connectivity index (χ3n) is 5.23. The number of benzene rings is 2. The molecule has 0 spiro atoms. The summed E-state index contributed by atoms with van der Waals surface area (Å²) in [6.07, 6.45) is 3.64. The summed E-state index contributed by atoms with van der Waals surface area (Å²) in [4.78, 5) is 33.6. The minimum Gasteiger partial charge on any atom is -0.507 e. The van der Waals surface area contributed by atoms with E-state index >= 15 is 0 Å². The summed E-state index contributed by atoms with van der Waals surface area (Å²) in [5.41, 5.74) is 2.26. The van der Waals surface area contributed by atoms with E-state index in [0.29, 0.717) is 28.8 Å². The SMILES string of the molecule is Cc1nc2ncccc2cc1C(=O)n1cc(C=O)c(-c2c(O)ccc3ccccc23)n1. The van der Waals surface area contributed by atoms with Gasteiger partial charge in [0.2, 0.25) is 0 Å². The van der Waals surface area contributed by atoms with Crippen molar-refractivity contribution in [3.05, 3.63) is 83.8 Å². The van der Waals surface area contributed by atoms with Crippen LogP contribution in [0.5, 0.6) is 5.75 Å². The zero-order valence-corrected chi connectivity index (χ0v) is 16.5. The monoisotopic (exact) mass is 408 g/mol. The number of carbonyl (C=O) groups is 2. The molecule has 3 heterocycles. The first-order chi connectivity index (χ1) is 15.1. The molecule has 0 radical (unpaired) electrons. The molecule has 31 heavy (non-hydrogen) atoms. The van der Waals surface area contributed by atoms with Gasteiger partial charge in [0.15, 0.2) is 11.9 Å². The van der Waals surface area contributed by atoms with Gasteiger partial charge in [-0.1, -0.05) is 30.3 Å². The normalized spacial score (nSPS) is 11.1. The van der Waals surface area contributed by atoms with Gasteiger partial charge in [-0.15, -0.1) is 0 Å². The van der Waals surface area contributed by atoms with Gasteiger partial charge in [-0.3, -0.25) is 9.59 Å². The molecule has 7 nitrogen and oxygen atoms in total. The lowest BCUT2D eigenvalue weighted by Gasteiger charge is -2.08. The highest BCUT2D eigenvalue weighted by Gasteiger charge is 2.21. The summed E-state index contributed by atoms with van der Waals surface area (Å²) in [6, 6.07) is 16.1. The van der Waals surface area contributed by atoms with Gasteiger partial charge in [0.25, 0.3) is 5.91 Å². The zero-order chi connectivity index (χ0) is 21.5. The molecule has 0 saturated heterocycles. The van der Waals surface area contributed by atoms with E-state index in [0.717, 1.165) is 20.8 Å². The maximum atomic E-state index is 13.2. The Morgan fingerprint density at radius 2 is 1.87 bits per heavy atom. The van der Waals surface area contributed by atoms with Crippen LogP contribution in [0.1, 0.15) is 26.4 Å². The summed E-state index contributed by atoms with van der Waals surface area (Å²) >= 11 is 0. The Morgan fingerprint density at radius 1 is 1.06 bits per heavy atom. The number of aromatic hydroxyl groups is 1. The lowest BCUT2D eigenvalue weighted by Crippen LogP contribution is -2.15. The summed E-state index contributed by atoms with van der Waals surface area (Å²) in [5, 5.41) is 17.3. The molecule has 150 valence electrons. The number of hydrogen-bond donors (Lipinski definition) is 1. The predicted molar refractivity (Wildman–Crippen MR) is 116 cm³/mol. The summed E-state index contributed by atoms with van der Waals surface area (Å²) in [6.45, 7) is 1.73. The van der Waals surface area contributed by atoms with E-state index in [1.54, 1.807) is 37.4 Å². The van der Waals surface area contributed by atoms with E-state index in [1.165, 1.54) is 6.20 Å². The standard InChI is InChI=1S/C24H16N4O3/c1-14-19(11-16-6-4-10-25-23(16)26-14)24(31)28-12-17(13-29)22(27-28)21-18-7-3-2-5-15(18)8-9-20(21)30/h2-13,30H,1H3. The largest absolute Gasteiger partial charge is 0.507 e. The quantitative estimate of drug-likeness (QED) is 0.450. The molecule has 1 N–H and O–H groups in total. The van der Waals surface area contributed by atoms with E-state index in [-0.39, 0.29) is 17.0 Å². The first kappa shape index (κ1) is 18.6. The number of aldehydes is 1. The number of aryl methyl sites for hydroxylation is 1. The highest BCUT2D eigenvalue weighted by molar-refractivity contribution is 6.04. The Morgan fingerprint density at radius 3 is 2.71 bits per heavy atom. The van der Waals surface area contributed by atoms with Crippen LogP contribution in [0.3, 0.4) is 0 Å². The van der Waals surface area contributed by atoms with Gasteiger partial charge in [-0.05, 0) is 42.0 Å². The highest BCUT2D eigenvalue weighted by Crippen LogP contribution is 2.37. The molecule has 5 aromatic rings. The fourth-order valence-corrected chi connectivity index (χ4v) is 3.72. The average Bonchev–Trinajstić information content (AvgIpc) is 3.22. The van der Waals surface area contributed by atoms with Gasteiger partial charge < -0.3 is 5.11 Å². The van der Waals surface area contributed by atoms with Crippen LogP contribution >= 0.6 is 0 Å². The van der Waals surface area contributed by atoms with Crippen molar-refractivity contribution >= 4 is 34.0 Å². The lowest BCUT2D eigenvalue weighted by atomic mass is 9.99. The van der Waals surface area contributed by atoms with Crippen LogP contribution in [-0.2, 0) is 0 Å². The maximum Gasteiger partial charge on any atom is 0.280 e. The number of phenols is 1. The van der Waals surface area contributed by atoms with Crippen LogP contribution in [0.2, 0.25) is 0 Å². The summed E-state index contributed by atoms with van der Waals surface area (Å²) < 4.78 is 1.12. The lowest BCUT2D eigenvalue weighted by molar-refractivity contribution is 0.0944. The van der Waals surface area contributed by atoms with Gasteiger partial charge in [-0.2, -0.15) is 5.10 Å². The van der Waals surface area contributed by atoms with Crippen molar-refractivity contribution < 1.29 is 14.7 Å². The Bertz CT molecular complexity index is 1500. The average molecular weight is 408 g/mol. The Labute approximate surface area is 176 Å². The van der Waals surface area contributed by atoms with Gasteiger partial charge in [0.05, 0.1) is 22.4 Å². The van der Waals surface area contributed by atoms with Crippen LogP contribution in [-0.4, -0.2) is 37.0 Å². The maximum absolute atomic E-state index is 13.2. The Balaban J connectivity index is 1.68. The van der Waals surface area contributed by atoms with Crippen LogP contribution in [0, 0.1) is 6.92 Å². The molecule has 0 atom stereocenters. The fourth-order valence-electron chi connectivity index (χ4n) is 3.72. The molecule has 3 aromatic heterocycles. The van der Waals surface area contributed by atoms with Crippen LogP contribution in [0.4, 0.5) is 0 Å². The second kappa shape index (κ2) is 7.14. The third-order valence-corrected chi connectivity index (χ3v) is 5.23. The molecular weight excluding hydrogens is 392 g/mol. The molecule has 0 aliphatic rings. The molecular formula is C24H16N4O3. The van der Waals surface area contributed by atoms with Crippen molar-refractivity contribution in [2.45, 2.75) is 6.92 Å². The minimum absolute atomic E-state index is 0.0193. The molecule has 0 fully saturated rings. The summed E-state index contributed by atoms with van der Waals surface area (Å²) in [7, 11) is 0. The van der Waals surface area contributed by atoms with E-state index in [9.17, 15) is 14.7 Å². The van der Waals surface area contributed by atoms with Crippen LogP contribution in [0.25, 0.3) is 33.1 Å². The molecule has 0 bridgehead atoms. The molecule has 0 aliphatic carbocycles. The van der Waals surface area contributed by atoms with Crippen LogP contribution < -0.4 is 0 Å². The van der Waals surface area contributed by atoms with Crippen molar-refractivity contribution in [1.82, 2.24) is 19.7 Å².